The lowest BCUT2D eigenvalue weighted by Crippen LogP contribution is -2.40. The Morgan fingerprint density at radius 2 is 1.61 bits per heavy atom. The fourth-order valence-electron chi connectivity index (χ4n) is 3.04. The molecule has 1 amide bonds. The van der Waals surface area contributed by atoms with Gasteiger partial charge in [-0.15, -0.1) is 0 Å². The van der Waals surface area contributed by atoms with Crippen LogP contribution >= 0.6 is 0 Å². The van der Waals surface area contributed by atoms with Gasteiger partial charge in [-0.1, -0.05) is 45.0 Å². The van der Waals surface area contributed by atoms with Crippen LogP contribution in [0.15, 0.2) is 48.5 Å². The molecule has 2 rings (SSSR count). The minimum absolute atomic E-state index is 0.0891. The van der Waals surface area contributed by atoms with Gasteiger partial charge in [0, 0.05) is 0 Å². The molecule has 2 atom stereocenters. The van der Waals surface area contributed by atoms with Crippen LogP contribution in [0.3, 0.4) is 0 Å². The van der Waals surface area contributed by atoms with Gasteiger partial charge in [-0.2, -0.15) is 0 Å². The van der Waals surface area contributed by atoms with Crippen molar-refractivity contribution >= 4 is 5.91 Å². The molecule has 1 N–H and O–H groups in total. The van der Waals surface area contributed by atoms with Gasteiger partial charge in [0.15, 0.2) is 17.6 Å². The first-order valence-electron chi connectivity index (χ1n) is 9.72. The molecule has 28 heavy (non-hydrogen) atoms. The summed E-state index contributed by atoms with van der Waals surface area (Å²) in [5.41, 5.74) is 1.05. The van der Waals surface area contributed by atoms with Gasteiger partial charge < -0.3 is 19.5 Å². The normalized spacial score (nSPS) is 12.9. The maximum absolute atomic E-state index is 13.0. The number of benzene rings is 2. The van der Waals surface area contributed by atoms with Crippen molar-refractivity contribution in [3.8, 4) is 17.2 Å². The molecule has 0 aliphatic rings. The second-order valence-electron chi connectivity index (χ2n) is 7.13. The SMILES string of the molecule is CC[C@H](Oc1ccccc1OC)C(=O)N[C@@H](CC(C)C)c1ccc(OC)cc1. The fraction of sp³-hybridized carbons (Fsp3) is 0.435. The van der Waals surface area contributed by atoms with E-state index in [1.165, 1.54) is 0 Å². The summed E-state index contributed by atoms with van der Waals surface area (Å²) in [6.07, 6.45) is 0.800. The highest BCUT2D eigenvalue weighted by Crippen LogP contribution is 2.28. The van der Waals surface area contributed by atoms with Gasteiger partial charge in [0.25, 0.3) is 5.91 Å². The van der Waals surface area contributed by atoms with E-state index in [2.05, 4.69) is 19.2 Å². The van der Waals surface area contributed by atoms with Crippen LogP contribution < -0.4 is 19.5 Å². The molecule has 0 unspecified atom stereocenters. The van der Waals surface area contributed by atoms with E-state index in [1.807, 2.05) is 55.5 Å². The van der Waals surface area contributed by atoms with Gasteiger partial charge >= 0.3 is 0 Å². The van der Waals surface area contributed by atoms with Crippen molar-refractivity contribution in [2.45, 2.75) is 45.8 Å². The summed E-state index contributed by atoms with van der Waals surface area (Å²) in [5, 5.41) is 3.17. The van der Waals surface area contributed by atoms with Crippen molar-refractivity contribution in [3.05, 3.63) is 54.1 Å². The molecule has 0 bridgehead atoms. The minimum Gasteiger partial charge on any atom is -0.497 e. The van der Waals surface area contributed by atoms with E-state index in [0.717, 1.165) is 17.7 Å². The van der Waals surface area contributed by atoms with E-state index in [0.29, 0.717) is 23.8 Å². The van der Waals surface area contributed by atoms with Crippen molar-refractivity contribution < 1.29 is 19.0 Å². The zero-order valence-electron chi connectivity index (χ0n) is 17.4. The van der Waals surface area contributed by atoms with Crippen LogP contribution in [-0.4, -0.2) is 26.2 Å². The Kier molecular flexibility index (Phi) is 8.18. The average molecular weight is 386 g/mol. The number of hydrogen-bond donors (Lipinski definition) is 1. The predicted octanol–water partition coefficient (Wildman–Crippen LogP) is 4.76. The minimum atomic E-state index is -0.593. The number of carbonyl (C=O) groups is 1. The maximum Gasteiger partial charge on any atom is 0.261 e. The van der Waals surface area contributed by atoms with Crippen LogP contribution in [0, 0.1) is 5.92 Å². The molecule has 0 aliphatic carbocycles. The summed E-state index contributed by atoms with van der Waals surface area (Å²) >= 11 is 0. The number of hydrogen-bond acceptors (Lipinski definition) is 4. The fourth-order valence-corrected chi connectivity index (χ4v) is 3.04. The number of nitrogens with one attached hydrogen (secondary N) is 1. The summed E-state index contributed by atoms with van der Waals surface area (Å²) in [4.78, 5) is 13.0. The van der Waals surface area contributed by atoms with E-state index < -0.39 is 6.10 Å². The van der Waals surface area contributed by atoms with E-state index in [1.54, 1.807) is 14.2 Å². The second kappa shape index (κ2) is 10.6. The summed E-state index contributed by atoms with van der Waals surface area (Å²) in [7, 11) is 3.23. The molecule has 2 aromatic carbocycles. The molecule has 0 heterocycles. The number of carbonyl (C=O) groups excluding carboxylic acids is 1. The molecule has 0 spiro atoms. The van der Waals surface area contributed by atoms with Crippen LogP contribution in [0.1, 0.15) is 45.2 Å². The Labute approximate surface area is 168 Å². The van der Waals surface area contributed by atoms with Gasteiger partial charge in [-0.25, -0.2) is 0 Å². The van der Waals surface area contributed by atoms with Gasteiger partial charge in [-0.3, -0.25) is 4.79 Å². The summed E-state index contributed by atoms with van der Waals surface area (Å²) in [6.45, 7) is 6.22. The lowest BCUT2D eigenvalue weighted by molar-refractivity contribution is -0.129. The molecule has 0 saturated heterocycles. The summed E-state index contributed by atoms with van der Waals surface area (Å²) in [5.74, 6) is 2.28. The molecule has 5 heteroatoms. The zero-order chi connectivity index (χ0) is 20.5. The molecule has 2 aromatic rings. The lowest BCUT2D eigenvalue weighted by Gasteiger charge is -2.25. The van der Waals surface area contributed by atoms with Crippen molar-refractivity contribution in [2.75, 3.05) is 14.2 Å². The first-order chi connectivity index (χ1) is 13.5. The third-order valence-corrected chi connectivity index (χ3v) is 4.54. The lowest BCUT2D eigenvalue weighted by atomic mass is 9.96. The van der Waals surface area contributed by atoms with Gasteiger partial charge in [0.2, 0.25) is 0 Å². The molecular weight excluding hydrogens is 354 g/mol. The average Bonchev–Trinajstić information content (AvgIpc) is 2.71. The third kappa shape index (κ3) is 5.91. The van der Waals surface area contributed by atoms with Crippen molar-refractivity contribution in [2.24, 2.45) is 5.92 Å². The number of para-hydroxylation sites is 2. The first-order valence-corrected chi connectivity index (χ1v) is 9.72. The van der Waals surface area contributed by atoms with Crippen molar-refractivity contribution in [3.63, 3.8) is 0 Å². The van der Waals surface area contributed by atoms with E-state index in [-0.39, 0.29) is 11.9 Å². The molecule has 0 aliphatic heterocycles. The molecule has 0 radical (unpaired) electrons. The van der Waals surface area contributed by atoms with Crippen molar-refractivity contribution in [1.29, 1.82) is 0 Å². The molecule has 0 aromatic heterocycles. The summed E-state index contributed by atoms with van der Waals surface area (Å²) in [6, 6.07) is 15.1. The van der Waals surface area contributed by atoms with E-state index in [9.17, 15) is 4.79 Å². The van der Waals surface area contributed by atoms with Crippen LogP contribution in [0.4, 0.5) is 0 Å². The second-order valence-corrected chi connectivity index (χ2v) is 7.13. The molecular formula is C23H31NO4. The number of ether oxygens (including phenoxy) is 3. The largest absolute Gasteiger partial charge is 0.497 e. The number of methoxy groups -OCH3 is 2. The van der Waals surface area contributed by atoms with E-state index >= 15 is 0 Å². The van der Waals surface area contributed by atoms with Crippen LogP contribution in [0.25, 0.3) is 0 Å². The van der Waals surface area contributed by atoms with Crippen LogP contribution in [-0.2, 0) is 4.79 Å². The summed E-state index contributed by atoms with van der Waals surface area (Å²) < 4.78 is 16.5. The highest BCUT2D eigenvalue weighted by molar-refractivity contribution is 5.81. The monoisotopic (exact) mass is 385 g/mol. The molecule has 0 saturated carbocycles. The maximum atomic E-state index is 13.0. The van der Waals surface area contributed by atoms with Gasteiger partial charge in [-0.05, 0) is 48.6 Å². The van der Waals surface area contributed by atoms with Gasteiger partial charge in [0.1, 0.15) is 5.75 Å². The van der Waals surface area contributed by atoms with E-state index in [4.69, 9.17) is 14.2 Å². The highest BCUT2D eigenvalue weighted by atomic mass is 16.5. The Morgan fingerprint density at radius 1 is 0.964 bits per heavy atom. The Morgan fingerprint density at radius 3 is 2.14 bits per heavy atom. The Bertz CT molecular complexity index is 743. The Balaban J connectivity index is 2.15. The standard InChI is InChI=1S/C23H31NO4/c1-6-20(28-22-10-8-7-9-21(22)27-5)23(25)24-19(15-16(2)3)17-11-13-18(26-4)14-12-17/h7-14,16,19-20H,6,15H2,1-5H3,(H,24,25)/t19-,20-/m0/s1. The molecule has 0 fully saturated rings. The van der Waals surface area contributed by atoms with Crippen LogP contribution in [0.5, 0.6) is 17.2 Å². The van der Waals surface area contributed by atoms with Crippen LogP contribution in [0.2, 0.25) is 0 Å². The smallest absolute Gasteiger partial charge is 0.261 e. The molecule has 152 valence electrons. The molecule has 5 nitrogen and oxygen atoms in total. The Hall–Kier alpha value is -2.69. The van der Waals surface area contributed by atoms with Crippen molar-refractivity contribution in [1.82, 2.24) is 5.32 Å². The topological polar surface area (TPSA) is 56.8 Å². The number of rotatable bonds is 10. The quantitative estimate of drug-likeness (QED) is 0.640. The zero-order valence-corrected chi connectivity index (χ0v) is 17.4. The third-order valence-electron chi connectivity index (χ3n) is 4.54. The number of amides is 1. The van der Waals surface area contributed by atoms with Gasteiger partial charge in [0.05, 0.1) is 20.3 Å². The highest BCUT2D eigenvalue weighted by Gasteiger charge is 2.24. The predicted molar refractivity (Wildman–Crippen MR) is 111 cm³/mol. The first kappa shape index (κ1) is 21.6.